The summed E-state index contributed by atoms with van der Waals surface area (Å²) in [6, 6.07) is 17.2. The molecule has 6 aromatic rings. The van der Waals surface area contributed by atoms with Gasteiger partial charge in [0.05, 0.1) is 80.1 Å². The van der Waals surface area contributed by atoms with E-state index in [2.05, 4.69) is 86.7 Å². The quantitative estimate of drug-likeness (QED) is 0.0962. The lowest BCUT2D eigenvalue weighted by Gasteiger charge is -2.38. The number of hydrogen-bond acceptors (Lipinski definition) is 11. The summed E-state index contributed by atoms with van der Waals surface area (Å²) in [6.45, 7) is 11.7. The lowest BCUT2D eigenvalue weighted by molar-refractivity contribution is -0.138. The molecule has 394 valence electrons. The number of ether oxygens (including phenoxy) is 5. The number of aromatic nitrogens is 5. The number of imidazole rings is 2. The molecule has 0 aliphatic carbocycles. The SMILES string of the molecule is COC(=O)NC(C(=O)N1CCC[C@H]1c1ncc(-c2ccc3c(c2)cc2n3C(c3ccc4c(c3)CCCO4)Oc3cc(-c4cnc([C@@H]5CCCN5C(=O)[C@@H](NC(=O)OC)C(C)C)[nH]4)cc(C)c3-2)[nH]1)C1C[C@@H](C)O[C@@H](C)C1. The number of benzene rings is 3. The highest BCUT2D eigenvalue weighted by atomic mass is 16.5. The summed E-state index contributed by atoms with van der Waals surface area (Å²) in [4.78, 5) is 73.8. The molecular formula is C57H67N9O9. The van der Waals surface area contributed by atoms with Gasteiger partial charge in [-0.1, -0.05) is 19.9 Å². The van der Waals surface area contributed by atoms with Crippen LogP contribution >= 0.6 is 0 Å². The fraction of sp³-hybridized carbons (Fsp3) is 0.474. The number of rotatable bonds is 11. The molecule has 3 saturated heterocycles. The summed E-state index contributed by atoms with van der Waals surface area (Å²) >= 11 is 0. The molecule has 0 bridgehead atoms. The van der Waals surface area contributed by atoms with Crippen LogP contribution in [0.2, 0.25) is 0 Å². The second kappa shape index (κ2) is 20.4. The average Bonchev–Trinajstić information content (AvgIpc) is 4.31. The number of aryl methyl sites for hydroxylation is 2. The molecule has 0 saturated carbocycles. The van der Waals surface area contributed by atoms with Crippen molar-refractivity contribution in [3.63, 3.8) is 0 Å². The Morgan fingerprint density at radius 3 is 2.11 bits per heavy atom. The summed E-state index contributed by atoms with van der Waals surface area (Å²) in [6.07, 6.45) is 8.09. The van der Waals surface area contributed by atoms with Crippen LogP contribution in [0.3, 0.4) is 0 Å². The van der Waals surface area contributed by atoms with E-state index in [0.29, 0.717) is 44.2 Å². The number of alkyl carbamates (subject to hydrolysis) is 2. The Balaban J connectivity index is 0.908. The van der Waals surface area contributed by atoms with Gasteiger partial charge >= 0.3 is 12.2 Å². The minimum absolute atomic E-state index is 0.0374. The van der Waals surface area contributed by atoms with Crippen LogP contribution in [-0.4, -0.2) is 117 Å². The maximum atomic E-state index is 14.5. The molecule has 8 atom stereocenters. The Morgan fingerprint density at radius 2 is 1.43 bits per heavy atom. The van der Waals surface area contributed by atoms with Gasteiger partial charge in [-0.2, -0.15) is 0 Å². The second-order valence-corrected chi connectivity index (χ2v) is 21.3. The minimum atomic E-state index is -0.750. The van der Waals surface area contributed by atoms with Gasteiger partial charge in [-0.3, -0.25) is 9.59 Å². The van der Waals surface area contributed by atoms with Crippen molar-refractivity contribution < 1.29 is 42.9 Å². The number of H-pyrrole nitrogens is 2. The summed E-state index contributed by atoms with van der Waals surface area (Å²) < 4.78 is 31.4. The van der Waals surface area contributed by atoms with Crippen LogP contribution in [0.15, 0.2) is 67.0 Å². The first-order valence-electron chi connectivity index (χ1n) is 26.5. The van der Waals surface area contributed by atoms with Crippen molar-refractivity contribution in [3.8, 4) is 45.3 Å². The molecular weight excluding hydrogens is 955 g/mol. The number of methoxy groups -OCH3 is 2. The molecule has 4 amide bonds. The smallest absolute Gasteiger partial charge is 0.407 e. The van der Waals surface area contributed by atoms with Gasteiger partial charge in [0.2, 0.25) is 18.0 Å². The number of nitrogens with one attached hydrogen (secondary N) is 4. The average molecular weight is 1020 g/mol. The van der Waals surface area contributed by atoms with E-state index in [9.17, 15) is 19.2 Å². The first-order chi connectivity index (χ1) is 36.3. The van der Waals surface area contributed by atoms with Gasteiger partial charge in [0.25, 0.3) is 0 Å². The fourth-order valence-corrected chi connectivity index (χ4v) is 12.4. The number of carbonyl (C=O) groups excluding carboxylic acids is 4. The summed E-state index contributed by atoms with van der Waals surface area (Å²) in [5, 5.41) is 6.64. The number of fused-ring (bicyclic) bond motifs is 6. The number of carbonyl (C=O) groups is 4. The zero-order chi connectivity index (χ0) is 52.2. The molecule has 3 unspecified atom stereocenters. The largest absolute Gasteiger partial charge is 0.493 e. The van der Waals surface area contributed by atoms with E-state index >= 15 is 0 Å². The van der Waals surface area contributed by atoms with E-state index in [4.69, 9.17) is 33.7 Å². The highest BCUT2D eigenvalue weighted by Gasteiger charge is 2.43. The Kier molecular flexibility index (Phi) is 13.6. The number of aromatic amines is 2. The number of amides is 4. The highest BCUT2D eigenvalue weighted by Crippen LogP contribution is 2.48. The third-order valence-corrected chi connectivity index (χ3v) is 15.9. The molecule has 5 aliphatic heterocycles. The maximum absolute atomic E-state index is 14.5. The minimum Gasteiger partial charge on any atom is -0.493 e. The first kappa shape index (κ1) is 49.9. The Hall–Kier alpha value is -7.34. The first-order valence-corrected chi connectivity index (χ1v) is 26.5. The molecule has 4 N–H and O–H groups in total. The summed E-state index contributed by atoms with van der Waals surface area (Å²) in [5.41, 5.74) is 9.67. The molecule has 3 aromatic heterocycles. The van der Waals surface area contributed by atoms with Gasteiger partial charge in [0, 0.05) is 40.7 Å². The van der Waals surface area contributed by atoms with Crippen molar-refractivity contribution in [1.82, 2.24) is 44.9 Å². The van der Waals surface area contributed by atoms with Gasteiger partial charge in [-0.15, -0.1) is 0 Å². The van der Waals surface area contributed by atoms with E-state index in [0.717, 1.165) is 111 Å². The topological polar surface area (TPSA) is 207 Å². The summed E-state index contributed by atoms with van der Waals surface area (Å²) in [5.74, 6) is 2.49. The van der Waals surface area contributed by atoms with E-state index in [1.807, 2.05) is 49.9 Å². The van der Waals surface area contributed by atoms with Crippen molar-refractivity contribution in [1.29, 1.82) is 0 Å². The zero-order valence-corrected chi connectivity index (χ0v) is 43.7. The zero-order valence-electron chi connectivity index (χ0n) is 43.7. The fourth-order valence-electron chi connectivity index (χ4n) is 12.4. The summed E-state index contributed by atoms with van der Waals surface area (Å²) in [7, 11) is 2.61. The molecule has 8 heterocycles. The number of hydrogen-bond donors (Lipinski definition) is 4. The number of nitrogens with zero attached hydrogens (tertiary/aromatic N) is 5. The molecule has 0 radical (unpaired) electrons. The van der Waals surface area contributed by atoms with Gasteiger partial charge in [0.1, 0.15) is 35.2 Å². The maximum Gasteiger partial charge on any atom is 0.407 e. The standard InChI is InChI=1S/C57H67N9O9/c1-30(2)49(62-56(69)71-6)53(67)64-18-8-12-43(64)52-59-29-41(61-52)37-21-31(3)48-45-26-38-24-34(14-16-42(38)66(45)55(75-47(48)27-37)36-15-17-46-35(25-36)11-10-20-73-46)40-28-58-51(60-40)44-13-9-19-65(44)54(68)50(63-57(70)72-7)39-22-32(4)74-33(5)23-39/h14-17,21,24-30,32-33,39,43-44,49-50,55H,8-13,18-20,22-23H2,1-7H3,(H,58,60)(H,59,61)(H,62,69)(H,63,70)/t32-,33+,39?,43-,44-,49-,50?,55?/m0/s1. The van der Waals surface area contributed by atoms with Crippen molar-refractivity contribution in [3.05, 3.63) is 95.3 Å². The van der Waals surface area contributed by atoms with Crippen LogP contribution in [0.1, 0.15) is 119 Å². The molecule has 75 heavy (non-hydrogen) atoms. The van der Waals surface area contributed by atoms with E-state index in [1.54, 1.807) is 0 Å². The molecule has 18 heteroatoms. The third-order valence-electron chi connectivity index (χ3n) is 15.9. The Bertz CT molecular complexity index is 3150. The lowest BCUT2D eigenvalue weighted by atomic mass is 9.85. The van der Waals surface area contributed by atoms with Crippen LogP contribution in [0.5, 0.6) is 11.5 Å². The second-order valence-electron chi connectivity index (χ2n) is 21.3. The van der Waals surface area contributed by atoms with E-state index < -0.39 is 30.5 Å². The van der Waals surface area contributed by atoms with E-state index in [-0.39, 0.29) is 47.9 Å². The Labute approximate surface area is 436 Å². The van der Waals surface area contributed by atoms with Crippen molar-refractivity contribution in [2.24, 2.45) is 11.8 Å². The highest BCUT2D eigenvalue weighted by molar-refractivity contribution is 5.93. The molecule has 0 spiro atoms. The van der Waals surface area contributed by atoms with Crippen LogP contribution in [0.4, 0.5) is 9.59 Å². The van der Waals surface area contributed by atoms with E-state index in [1.165, 1.54) is 14.2 Å². The monoisotopic (exact) mass is 1020 g/mol. The molecule has 5 aliphatic rings. The Morgan fingerprint density at radius 1 is 0.760 bits per heavy atom. The van der Waals surface area contributed by atoms with Crippen LogP contribution in [-0.2, 0) is 30.2 Å². The normalized spacial score (nSPS) is 22.9. The predicted octanol–water partition coefficient (Wildman–Crippen LogP) is 9.30. The van der Waals surface area contributed by atoms with Crippen molar-refractivity contribution >= 4 is 34.9 Å². The molecule has 3 fully saturated rings. The van der Waals surface area contributed by atoms with Crippen LogP contribution in [0, 0.1) is 18.8 Å². The third kappa shape index (κ3) is 9.46. The lowest BCUT2D eigenvalue weighted by Crippen LogP contribution is -2.54. The number of likely N-dealkylation sites (tertiary alicyclic amines) is 2. The van der Waals surface area contributed by atoms with Crippen molar-refractivity contribution in [2.75, 3.05) is 33.9 Å². The van der Waals surface area contributed by atoms with Gasteiger partial charge < -0.3 is 58.7 Å². The molecule has 3 aromatic carbocycles. The van der Waals surface area contributed by atoms with Crippen LogP contribution < -0.4 is 20.1 Å². The molecule has 18 nitrogen and oxygen atoms in total. The van der Waals surface area contributed by atoms with Crippen molar-refractivity contribution in [2.45, 2.75) is 129 Å². The van der Waals surface area contributed by atoms with Gasteiger partial charge in [-0.05, 0) is 144 Å². The van der Waals surface area contributed by atoms with Gasteiger partial charge in [-0.25, -0.2) is 19.6 Å². The molecule has 11 rings (SSSR count). The predicted molar refractivity (Wildman–Crippen MR) is 280 cm³/mol. The van der Waals surface area contributed by atoms with Gasteiger partial charge in [0.15, 0.2) is 0 Å². The van der Waals surface area contributed by atoms with Crippen LogP contribution in [0.25, 0.3) is 44.7 Å².